The van der Waals surface area contributed by atoms with Crippen molar-refractivity contribution in [1.82, 2.24) is 4.90 Å². The van der Waals surface area contributed by atoms with Crippen LogP contribution < -0.4 is 5.32 Å². The summed E-state index contributed by atoms with van der Waals surface area (Å²) in [5.41, 5.74) is 1.70. The Labute approximate surface area is 174 Å². The lowest BCUT2D eigenvalue weighted by Crippen LogP contribution is -2.36. The number of anilines is 1. The molecule has 0 radical (unpaired) electrons. The Hall–Kier alpha value is -1.98. The summed E-state index contributed by atoms with van der Waals surface area (Å²) in [6.07, 6.45) is 0.456. The van der Waals surface area contributed by atoms with Gasteiger partial charge < -0.3 is 15.0 Å². The second-order valence-corrected chi connectivity index (χ2v) is 8.69. The maximum atomic E-state index is 13.9. The molecule has 2 aromatic rings. The van der Waals surface area contributed by atoms with Gasteiger partial charge in [-0.25, -0.2) is 9.18 Å². The van der Waals surface area contributed by atoms with E-state index in [1.54, 1.807) is 29.2 Å². The number of rotatable bonds is 3. The molecular weight excluding hydrogens is 402 g/mol. The third-order valence-electron chi connectivity index (χ3n) is 4.41. The number of nitrogens with one attached hydrogen (secondary N) is 1. The molecule has 0 aromatic heterocycles. The SMILES string of the molecule is CC(C)(C)OC(=O)N1CCC(Nc2ccc(F)cc2-c2ccc(Cl)c(Cl)c2)C1. The smallest absolute Gasteiger partial charge is 0.410 e. The fraction of sp³-hybridized carbons (Fsp3) is 0.381. The minimum atomic E-state index is -0.527. The number of carbonyl (C=O) groups is 1. The maximum absolute atomic E-state index is 13.9. The molecule has 150 valence electrons. The fourth-order valence-electron chi connectivity index (χ4n) is 3.14. The lowest BCUT2D eigenvalue weighted by molar-refractivity contribution is 0.0293. The van der Waals surface area contributed by atoms with Gasteiger partial charge in [0.1, 0.15) is 11.4 Å². The zero-order chi connectivity index (χ0) is 20.5. The molecule has 1 aliphatic rings. The van der Waals surface area contributed by atoms with Crippen LogP contribution in [0.3, 0.4) is 0 Å². The van der Waals surface area contributed by atoms with Gasteiger partial charge in [0, 0.05) is 30.4 Å². The van der Waals surface area contributed by atoms with E-state index in [1.165, 1.54) is 12.1 Å². The van der Waals surface area contributed by atoms with Gasteiger partial charge in [-0.05, 0) is 63.1 Å². The normalized spacial score (nSPS) is 16.9. The Morgan fingerprint density at radius 2 is 1.93 bits per heavy atom. The van der Waals surface area contributed by atoms with Gasteiger partial charge >= 0.3 is 6.09 Å². The molecule has 4 nitrogen and oxygen atoms in total. The molecule has 1 amide bonds. The van der Waals surface area contributed by atoms with Gasteiger partial charge in [0.2, 0.25) is 0 Å². The Bertz CT molecular complexity index is 883. The second kappa shape index (κ2) is 8.18. The molecule has 0 bridgehead atoms. The largest absolute Gasteiger partial charge is 0.444 e. The quantitative estimate of drug-likeness (QED) is 0.635. The molecule has 2 aromatic carbocycles. The summed E-state index contributed by atoms with van der Waals surface area (Å²) in [5, 5.41) is 4.28. The Morgan fingerprint density at radius 3 is 2.61 bits per heavy atom. The van der Waals surface area contributed by atoms with Gasteiger partial charge in [0.25, 0.3) is 0 Å². The van der Waals surface area contributed by atoms with Gasteiger partial charge in [-0.2, -0.15) is 0 Å². The highest BCUT2D eigenvalue weighted by atomic mass is 35.5. The molecule has 1 unspecified atom stereocenters. The average molecular weight is 425 g/mol. The van der Waals surface area contributed by atoms with E-state index in [4.69, 9.17) is 27.9 Å². The standard InChI is InChI=1S/C21H23Cl2FN2O2/c1-21(2,3)28-20(27)26-9-8-15(12-26)25-19-7-5-14(24)11-16(19)13-4-6-17(22)18(23)10-13/h4-7,10-11,15,25H,8-9,12H2,1-3H3. The first kappa shape index (κ1) is 20.7. The van der Waals surface area contributed by atoms with E-state index in [1.807, 2.05) is 20.8 Å². The van der Waals surface area contributed by atoms with Crippen molar-refractivity contribution in [2.24, 2.45) is 0 Å². The first-order valence-corrected chi connectivity index (χ1v) is 9.87. The highest BCUT2D eigenvalue weighted by Gasteiger charge is 2.30. The number of amides is 1. The van der Waals surface area contributed by atoms with Crippen LogP contribution in [0.15, 0.2) is 36.4 Å². The predicted octanol–water partition coefficient (Wildman–Crippen LogP) is 6.22. The van der Waals surface area contributed by atoms with E-state index < -0.39 is 5.60 Å². The van der Waals surface area contributed by atoms with Crippen molar-refractivity contribution in [2.45, 2.75) is 38.8 Å². The van der Waals surface area contributed by atoms with Crippen molar-refractivity contribution in [3.05, 3.63) is 52.3 Å². The maximum Gasteiger partial charge on any atom is 0.410 e. The van der Waals surface area contributed by atoms with E-state index in [0.717, 1.165) is 17.7 Å². The summed E-state index contributed by atoms with van der Waals surface area (Å²) in [4.78, 5) is 13.9. The lowest BCUT2D eigenvalue weighted by atomic mass is 10.0. The number of nitrogens with zero attached hydrogens (tertiary/aromatic N) is 1. The van der Waals surface area contributed by atoms with E-state index in [9.17, 15) is 9.18 Å². The summed E-state index contributed by atoms with van der Waals surface area (Å²) in [6.45, 7) is 6.67. The number of hydrogen-bond donors (Lipinski definition) is 1. The number of benzene rings is 2. The molecule has 0 saturated carbocycles. The lowest BCUT2D eigenvalue weighted by Gasteiger charge is -2.24. The third kappa shape index (κ3) is 5.09. The van der Waals surface area contributed by atoms with Crippen LogP contribution in [0.4, 0.5) is 14.9 Å². The van der Waals surface area contributed by atoms with E-state index in [-0.39, 0.29) is 18.0 Å². The summed E-state index contributed by atoms with van der Waals surface area (Å²) >= 11 is 12.1. The van der Waals surface area contributed by atoms with Crippen molar-refractivity contribution < 1.29 is 13.9 Å². The molecule has 1 heterocycles. The first-order chi connectivity index (χ1) is 13.1. The number of ether oxygens (including phenoxy) is 1. The number of carbonyl (C=O) groups excluding carboxylic acids is 1. The zero-order valence-electron chi connectivity index (χ0n) is 16.1. The van der Waals surface area contributed by atoms with E-state index >= 15 is 0 Å². The molecule has 0 spiro atoms. The Morgan fingerprint density at radius 1 is 1.18 bits per heavy atom. The Balaban J connectivity index is 1.76. The number of halogens is 3. The molecule has 7 heteroatoms. The van der Waals surface area contributed by atoms with Crippen LogP contribution in [0.5, 0.6) is 0 Å². The molecule has 0 aliphatic carbocycles. The van der Waals surface area contributed by atoms with Crippen molar-refractivity contribution in [3.8, 4) is 11.1 Å². The monoisotopic (exact) mass is 424 g/mol. The van der Waals surface area contributed by atoms with Crippen molar-refractivity contribution in [1.29, 1.82) is 0 Å². The van der Waals surface area contributed by atoms with E-state index in [2.05, 4.69) is 5.32 Å². The summed E-state index contributed by atoms with van der Waals surface area (Å²) in [5.74, 6) is -0.339. The summed E-state index contributed by atoms with van der Waals surface area (Å²) in [7, 11) is 0. The average Bonchev–Trinajstić information content (AvgIpc) is 3.06. The van der Waals surface area contributed by atoms with Crippen LogP contribution in [0.25, 0.3) is 11.1 Å². The van der Waals surface area contributed by atoms with Gasteiger partial charge in [-0.15, -0.1) is 0 Å². The Kier molecular flexibility index (Phi) is 6.06. The van der Waals surface area contributed by atoms with Crippen molar-refractivity contribution in [3.63, 3.8) is 0 Å². The van der Waals surface area contributed by atoms with Crippen LogP contribution in [0, 0.1) is 5.82 Å². The second-order valence-electron chi connectivity index (χ2n) is 7.88. The number of likely N-dealkylation sites (tertiary alicyclic amines) is 1. The van der Waals surface area contributed by atoms with Crippen LogP contribution in [0.1, 0.15) is 27.2 Å². The van der Waals surface area contributed by atoms with Crippen LogP contribution in [0.2, 0.25) is 10.0 Å². The predicted molar refractivity (Wildman–Crippen MR) is 112 cm³/mol. The minimum Gasteiger partial charge on any atom is -0.444 e. The third-order valence-corrected chi connectivity index (χ3v) is 5.15. The molecule has 1 saturated heterocycles. The highest BCUT2D eigenvalue weighted by Crippen LogP contribution is 2.34. The first-order valence-electron chi connectivity index (χ1n) is 9.12. The highest BCUT2D eigenvalue weighted by molar-refractivity contribution is 6.42. The fourth-order valence-corrected chi connectivity index (χ4v) is 3.43. The van der Waals surface area contributed by atoms with Crippen LogP contribution in [-0.2, 0) is 4.74 Å². The topological polar surface area (TPSA) is 41.6 Å². The summed E-state index contributed by atoms with van der Waals surface area (Å²) < 4.78 is 19.3. The molecule has 28 heavy (non-hydrogen) atoms. The van der Waals surface area contributed by atoms with Gasteiger partial charge in [-0.1, -0.05) is 29.3 Å². The van der Waals surface area contributed by atoms with Crippen LogP contribution in [-0.4, -0.2) is 35.7 Å². The minimum absolute atomic E-state index is 0.0412. The van der Waals surface area contributed by atoms with Crippen molar-refractivity contribution in [2.75, 3.05) is 18.4 Å². The molecule has 1 atom stereocenters. The molecule has 1 aliphatic heterocycles. The molecule has 1 N–H and O–H groups in total. The van der Waals surface area contributed by atoms with Gasteiger partial charge in [-0.3, -0.25) is 0 Å². The van der Waals surface area contributed by atoms with E-state index in [0.29, 0.717) is 28.7 Å². The number of hydrogen-bond acceptors (Lipinski definition) is 3. The molecule has 1 fully saturated rings. The van der Waals surface area contributed by atoms with Gasteiger partial charge in [0.15, 0.2) is 0 Å². The molecule has 3 rings (SSSR count). The van der Waals surface area contributed by atoms with Crippen LogP contribution >= 0.6 is 23.2 Å². The summed E-state index contributed by atoms with van der Waals surface area (Å²) in [6, 6.07) is 9.81. The van der Waals surface area contributed by atoms with Crippen molar-refractivity contribution >= 4 is 35.0 Å². The molecular formula is C21H23Cl2FN2O2. The van der Waals surface area contributed by atoms with Gasteiger partial charge in [0.05, 0.1) is 10.0 Å². The zero-order valence-corrected chi connectivity index (χ0v) is 17.6.